The van der Waals surface area contributed by atoms with E-state index in [9.17, 15) is 0 Å². The van der Waals surface area contributed by atoms with Crippen molar-refractivity contribution in [3.05, 3.63) is 144 Å². The summed E-state index contributed by atoms with van der Waals surface area (Å²) in [6.45, 7) is 4.97. The average Bonchev–Trinajstić information content (AvgIpc) is 2.85. The van der Waals surface area contributed by atoms with E-state index < -0.39 is 0 Å². The summed E-state index contributed by atoms with van der Waals surface area (Å²) in [6, 6.07) is 44.9. The van der Waals surface area contributed by atoms with Crippen LogP contribution in [0.4, 0.5) is 0 Å². The van der Waals surface area contributed by atoms with Crippen LogP contribution in [0.25, 0.3) is 0 Å². The molecule has 0 unspecified atom stereocenters. The SMILES string of the molecule is CC1(C)C[C@H](c2ccccc2)[C@H](c2ccccc2)[C@@H](c2ccccc2)[C@H]1c1ccccc1. The summed E-state index contributed by atoms with van der Waals surface area (Å²) >= 11 is 0. The molecule has 1 aliphatic rings. The van der Waals surface area contributed by atoms with E-state index in [2.05, 4.69) is 135 Å². The first kappa shape index (κ1) is 20.8. The lowest BCUT2D eigenvalue weighted by Crippen LogP contribution is -2.40. The van der Waals surface area contributed by atoms with Crippen LogP contribution in [0.5, 0.6) is 0 Å². The lowest BCUT2D eigenvalue weighted by Gasteiger charge is -2.53. The number of rotatable bonds is 4. The fourth-order valence-electron chi connectivity index (χ4n) is 6.30. The Labute approximate surface area is 193 Å². The zero-order valence-electron chi connectivity index (χ0n) is 19.1. The Morgan fingerprint density at radius 1 is 0.469 bits per heavy atom. The molecule has 0 aliphatic heterocycles. The average molecular weight is 417 g/mol. The topological polar surface area (TPSA) is 0 Å². The van der Waals surface area contributed by atoms with E-state index in [1.54, 1.807) is 0 Å². The second kappa shape index (κ2) is 8.79. The van der Waals surface area contributed by atoms with Gasteiger partial charge in [0.1, 0.15) is 0 Å². The smallest absolute Gasteiger partial charge is 0.00132 e. The number of hydrogen-bond acceptors (Lipinski definition) is 0. The maximum atomic E-state index is 2.48. The minimum absolute atomic E-state index is 0.160. The molecular weight excluding hydrogens is 384 g/mol. The van der Waals surface area contributed by atoms with Crippen molar-refractivity contribution >= 4 is 0 Å². The van der Waals surface area contributed by atoms with Gasteiger partial charge in [0.25, 0.3) is 0 Å². The molecule has 5 rings (SSSR count). The van der Waals surface area contributed by atoms with Crippen molar-refractivity contribution < 1.29 is 0 Å². The molecule has 0 amide bonds. The molecule has 0 spiro atoms. The Balaban J connectivity index is 1.75. The van der Waals surface area contributed by atoms with Crippen molar-refractivity contribution in [2.75, 3.05) is 0 Å². The maximum absolute atomic E-state index is 2.48. The van der Waals surface area contributed by atoms with E-state index in [-0.39, 0.29) is 5.41 Å². The summed E-state index contributed by atoms with van der Waals surface area (Å²) in [4.78, 5) is 0. The molecule has 1 saturated carbocycles. The van der Waals surface area contributed by atoms with Gasteiger partial charge in [-0.1, -0.05) is 135 Å². The maximum Gasteiger partial charge on any atom is -0.00132 e. The van der Waals surface area contributed by atoms with Gasteiger partial charge in [-0.05, 0) is 57.8 Å². The fraction of sp³-hybridized carbons (Fsp3) is 0.250. The lowest BCUT2D eigenvalue weighted by molar-refractivity contribution is 0.132. The molecule has 0 N–H and O–H groups in total. The second-order valence-electron chi connectivity index (χ2n) is 9.97. The van der Waals surface area contributed by atoms with Gasteiger partial charge in [0.05, 0.1) is 0 Å². The van der Waals surface area contributed by atoms with Gasteiger partial charge < -0.3 is 0 Å². The first-order chi connectivity index (χ1) is 15.6. The normalized spacial score (nSPS) is 24.7. The van der Waals surface area contributed by atoms with Crippen molar-refractivity contribution in [1.29, 1.82) is 0 Å². The van der Waals surface area contributed by atoms with Gasteiger partial charge >= 0.3 is 0 Å². The third-order valence-electron chi connectivity index (χ3n) is 7.52. The Kier molecular flexibility index (Phi) is 5.70. The largest absolute Gasteiger partial charge is 0.0622 e. The van der Waals surface area contributed by atoms with Crippen LogP contribution in [0, 0.1) is 5.41 Å². The number of benzene rings is 4. The summed E-state index contributed by atoms with van der Waals surface area (Å²) in [7, 11) is 0. The summed E-state index contributed by atoms with van der Waals surface area (Å²) in [5.41, 5.74) is 5.98. The predicted octanol–water partition coefficient (Wildman–Crippen LogP) is 8.55. The van der Waals surface area contributed by atoms with Crippen LogP contribution in [-0.4, -0.2) is 0 Å². The monoisotopic (exact) mass is 416 g/mol. The predicted molar refractivity (Wildman–Crippen MR) is 135 cm³/mol. The molecule has 0 radical (unpaired) electrons. The van der Waals surface area contributed by atoms with Gasteiger partial charge in [0.15, 0.2) is 0 Å². The minimum atomic E-state index is 0.160. The third kappa shape index (κ3) is 3.91. The summed E-state index contributed by atoms with van der Waals surface area (Å²) in [5, 5.41) is 0. The van der Waals surface area contributed by atoms with Gasteiger partial charge in [-0.3, -0.25) is 0 Å². The van der Waals surface area contributed by atoms with Crippen molar-refractivity contribution in [3.63, 3.8) is 0 Å². The van der Waals surface area contributed by atoms with Gasteiger partial charge in [0.2, 0.25) is 0 Å². The van der Waals surface area contributed by atoms with Gasteiger partial charge in [-0.15, -0.1) is 0 Å². The summed E-state index contributed by atoms with van der Waals surface area (Å²) in [5.74, 6) is 1.73. The Hall–Kier alpha value is -3.12. The molecule has 32 heavy (non-hydrogen) atoms. The second-order valence-corrected chi connectivity index (χ2v) is 9.97. The minimum Gasteiger partial charge on any atom is -0.0622 e. The van der Waals surface area contributed by atoms with Crippen molar-refractivity contribution in [2.45, 2.75) is 43.9 Å². The van der Waals surface area contributed by atoms with E-state index >= 15 is 0 Å². The van der Waals surface area contributed by atoms with Gasteiger partial charge in [-0.25, -0.2) is 0 Å². The highest BCUT2D eigenvalue weighted by molar-refractivity contribution is 5.41. The lowest BCUT2D eigenvalue weighted by atomic mass is 9.51. The quantitative estimate of drug-likeness (QED) is 0.312. The first-order valence-electron chi connectivity index (χ1n) is 11.8. The standard InChI is InChI=1S/C32H32/c1-32(2)23-28(24-15-7-3-8-16-24)29(25-17-9-4-10-18-25)30(26-19-11-5-12-20-26)31(32)27-21-13-6-14-22-27/h3-22,28-31H,23H2,1-2H3/t28-,29+,30-,31-/m1/s1. The molecule has 0 saturated heterocycles. The zero-order valence-corrected chi connectivity index (χ0v) is 19.1. The van der Waals surface area contributed by atoms with Crippen LogP contribution in [-0.2, 0) is 0 Å². The van der Waals surface area contributed by atoms with Crippen molar-refractivity contribution in [2.24, 2.45) is 5.41 Å². The highest BCUT2D eigenvalue weighted by Crippen LogP contribution is 2.63. The Morgan fingerprint density at radius 3 is 1.31 bits per heavy atom. The zero-order chi connectivity index (χ0) is 22.0. The van der Waals surface area contributed by atoms with E-state index in [0.717, 1.165) is 0 Å². The molecule has 1 aliphatic carbocycles. The molecule has 0 nitrogen and oxygen atoms in total. The highest BCUT2D eigenvalue weighted by Gasteiger charge is 2.50. The Bertz CT molecular complexity index is 1110. The molecule has 160 valence electrons. The molecule has 4 aromatic carbocycles. The molecule has 4 atom stereocenters. The molecule has 0 bridgehead atoms. The molecule has 4 aromatic rings. The van der Waals surface area contributed by atoms with Crippen LogP contribution in [0.3, 0.4) is 0 Å². The summed E-state index contributed by atoms with van der Waals surface area (Å²) in [6.07, 6.45) is 1.17. The van der Waals surface area contributed by atoms with E-state index in [1.807, 2.05) is 0 Å². The Morgan fingerprint density at radius 2 is 0.844 bits per heavy atom. The third-order valence-corrected chi connectivity index (χ3v) is 7.52. The summed E-state index contributed by atoms with van der Waals surface area (Å²) < 4.78 is 0. The highest BCUT2D eigenvalue weighted by atomic mass is 14.5. The van der Waals surface area contributed by atoms with Gasteiger partial charge in [0, 0.05) is 0 Å². The van der Waals surface area contributed by atoms with E-state index in [0.29, 0.717) is 23.7 Å². The van der Waals surface area contributed by atoms with Crippen LogP contribution in [0.1, 0.15) is 66.2 Å². The molecular formula is C32H32. The van der Waals surface area contributed by atoms with Gasteiger partial charge in [-0.2, -0.15) is 0 Å². The fourth-order valence-corrected chi connectivity index (χ4v) is 6.30. The van der Waals surface area contributed by atoms with Crippen LogP contribution in [0.2, 0.25) is 0 Å². The first-order valence-corrected chi connectivity index (χ1v) is 11.8. The van der Waals surface area contributed by atoms with E-state index in [1.165, 1.54) is 28.7 Å². The van der Waals surface area contributed by atoms with Crippen molar-refractivity contribution in [3.8, 4) is 0 Å². The molecule has 0 aromatic heterocycles. The molecule has 1 fully saturated rings. The molecule has 0 heteroatoms. The van der Waals surface area contributed by atoms with Crippen LogP contribution < -0.4 is 0 Å². The van der Waals surface area contributed by atoms with Crippen LogP contribution >= 0.6 is 0 Å². The van der Waals surface area contributed by atoms with Crippen molar-refractivity contribution in [1.82, 2.24) is 0 Å². The number of hydrogen-bond donors (Lipinski definition) is 0. The van der Waals surface area contributed by atoms with Crippen LogP contribution in [0.15, 0.2) is 121 Å². The molecule has 0 heterocycles. The van der Waals surface area contributed by atoms with E-state index in [4.69, 9.17) is 0 Å².